The third-order valence-corrected chi connectivity index (χ3v) is 3.43. The van der Waals surface area contributed by atoms with Gasteiger partial charge in [-0.1, -0.05) is 23.8 Å². The summed E-state index contributed by atoms with van der Waals surface area (Å²) in [7, 11) is 0. The number of hydrogen-bond acceptors (Lipinski definition) is 3. The number of rotatable bonds is 3. The highest BCUT2D eigenvalue weighted by atomic mass is 16.4. The van der Waals surface area contributed by atoms with Gasteiger partial charge in [0.1, 0.15) is 5.41 Å². The van der Waals surface area contributed by atoms with Crippen LogP contribution in [0.15, 0.2) is 47.6 Å². The van der Waals surface area contributed by atoms with E-state index in [1.54, 1.807) is 37.3 Å². The molecule has 0 aliphatic heterocycles. The Morgan fingerprint density at radius 3 is 2.30 bits per heavy atom. The SMILES string of the molecule is CC1=CC(C(=O)O)(c2ccc(N)cc2)CC(C(=O)O)=C1. The van der Waals surface area contributed by atoms with Gasteiger partial charge in [0.05, 0.1) is 0 Å². The molecule has 0 bridgehead atoms. The van der Waals surface area contributed by atoms with Gasteiger partial charge in [-0.15, -0.1) is 0 Å². The summed E-state index contributed by atoms with van der Waals surface area (Å²) in [5.41, 5.74) is 6.00. The van der Waals surface area contributed by atoms with Gasteiger partial charge < -0.3 is 15.9 Å². The molecule has 1 aromatic carbocycles. The van der Waals surface area contributed by atoms with E-state index in [-0.39, 0.29) is 12.0 Å². The average molecular weight is 273 g/mol. The van der Waals surface area contributed by atoms with Crippen molar-refractivity contribution >= 4 is 17.6 Å². The largest absolute Gasteiger partial charge is 0.480 e. The number of carboxylic acid groups (broad SMARTS) is 2. The minimum absolute atomic E-state index is 0.0844. The van der Waals surface area contributed by atoms with Crippen LogP contribution in [0.2, 0.25) is 0 Å². The number of aliphatic carboxylic acids is 2. The van der Waals surface area contributed by atoms with Gasteiger partial charge in [0, 0.05) is 17.7 Å². The number of anilines is 1. The maximum absolute atomic E-state index is 11.8. The number of allylic oxidation sites excluding steroid dienone is 2. The second-order valence-electron chi connectivity index (χ2n) is 4.94. The first-order valence-electron chi connectivity index (χ1n) is 6.08. The Morgan fingerprint density at radius 2 is 1.80 bits per heavy atom. The van der Waals surface area contributed by atoms with Gasteiger partial charge in [0.25, 0.3) is 0 Å². The van der Waals surface area contributed by atoms with Crippen molar-refractivity contribution in [2.24, 2.45) is 0 Å². The minimum atomic E-state index is -1.36. The van der Waals surface area contributed by atoms with Gasteiger partial charge in [-0.2, -0.15) is 0 Å². The summed E-state index contributed by atoms with van der Waals surface area (Å²) >= 11 is 0. The summed E-state index contributed by atoms with van der Waals surface area (Å²) in [5.74, 6) is -2.17. The summed E-state index contributed by atoms with van der Waals surface area (Å²) in [5, 5.41) is 18.8. The summed E-state index contributed by atoms with van der Waals surface area (Å²) in [6.45, 7) is 1.69. The molecule has 1 aliphatic carbocycles. The molecule has 0 amide bonds. The molecule has 0 spiro atoms. The number of carboxylic acids is 2. The molecular formula is C15H15NO4. The first-order chi connectivity index (χ1) is 9.35. The molecule has 0 fully saturated rings. The summed E-state index contributed by atoms with van der Waals surface area (Å²) in [4.78, 5) is 23.0. The lowest BCUT2D eigenvalue weighted by Crippen LogP contribution is -2.37. The summed E-state index contributed by atoms with van der Waals surface area (Å²) in [6.07, 6.45) is 3.01. The zero-order chi connectivity index (χ0) is 14.9. The lowest BCUT2D eigenvalue weighted by atomic mass is 9.71. The fraction of sp³-hybridized carbons (Fsp3) is 0.200. The second kappa shape index (κ2) is 4.85. The molecule has 1 atom stereocenters. The fourth-order valence-corrected chi connectivity index (χ4v) is 2.47. The molecule has 5 nitrogen and oxygen atoms in total. The molecule has 0 saturated carbocycles. The number of carbonyl (C=O) groups is 2. The van der Waals surface area contributed by atoms with Crippen molar-refractivity contribution < 1.29 is 19.8 Å². The van der Waals surface area contributed by atoms with Crippen molar-refractivity contribution in [3.05, 3.63) is 53.1 Å². The molecule has 2 rings (SSSR count). The Bertz CT molecular complexity index is 628. The third kappa shape index (κ3) is 2.30. The van der Waals surface area contributed by atoms with Crippen LogP contribution in [0.5, 0.6) is 0 Å². The predicted octanol–water partition coefficient (Wildman–Crippen LogP) is 1.95. The van der Waals surface area contributed by atoms with Crippen molar-refractivity contribution in [1.82, 2.24) is 0 Å². The first-order valence-corrected chi connectivity index (χ1v) is 6.08. The van der Waals surface area contributed by atoms with Crippen LogP contribution in [0.3, 0.4) is 0 Å². The lowest BCUT2D eigenvalue weighted by molar-refractivity contribution is -0.142. The Balaban J connectivity index is 2.58. The molecular weight excluding hydrogens is 258 g/mol. The van der Waals surface area contributed by atoms with Gasteiger partial charge in [0.15, 0.2) is 0 Å². The van der Waals surface area contributed by atoms with Gasteiger partial charge in [0.2, 0.25) is 0 Å². The Labute approximate surface area is 116 Å². The second-order valence-corrected chi connectivity index (χ2v) is 4.94. The molecule has 0 heterocycles. The third-order valence-electron chi connectivity index (χ3n) is 3.43. The minimum Gasteiger partial charge on any atom is -0.480 e. The highest BCUT2D eigenvalue weighted by Crippen LogP contribution is 2.38. The molecule has 0 saturated heterocycles. The Kier molecular flexibility index (Phi) is 3.36. The summed E-state index contributed by atoms with van der Waals surface area (Å²) < 4.78 is 0. The first kappa shape index (κ1) is 13.9. The predicted molar refractivity (Wildman–Crippen MR) is 74.3 cm³/mol. The van der Waals surface area contributed by atoms with Crippen LogP contribution >= 0.6 is 0 Å². The van der Waals surface area contributed by atoms with Crippen molar-refractivity contribution in [2.75, 3.05) is 5.73 Å². The molecule has 5 heteroatoms. The van der Waals surface area contributed by atoms with Crippen LogP contribution in [-0.4, -0.2) is 22.2 Å². The molecule has 20 heavy (non-hydrogen) atoms. The molecule has 1 aromatic rings. The van der Waals surface area contributed by atoms with Crippen molar-refractivity contribution in [2.45, 2.75) is 18.8 Å². The number of benzene rings is 1. The van der Waals surface area contributed by atoms with Crippen LogP contribution in [0.1, 0.15) is 18.9 Å². The topological polar surface area (TPSA) is 101 Å². The average Bonchev–Trinajstić information content (AvgIpc) is 2.38. The fourth-order valence-electron chi connectivity index (χ4n) is 2.47. The van der Waals surface area contributed by atoms with E-state index >= 15 is 0 Å². The highest BCUT2D eigenvalue weighted by Gasteiger charge is 2.42. The zero-order valence-corrected chi connectivity index (χ0v) is 11.0. The standard InChI is InChI=1S/C15H15NO4/c1-9-6-10(13(17)18)8-15(7-9,14(19)20)11-2-4-12(16)5-3-11/h2-7H,8,16H2,1H3,(H,17,18)(H,19,20). The van der Waals surface area contributed by atoms with Crippen LogP contribution in [0.25, 0.3) is 0 Å². The van der Waals surface area contributed by atoms with Crippen LogP contribution in [-0.2, 0) is 15.0 Å². The van der Waals surface area contributed by atoms with Crippen LogP contribution < -0.4 is 5.73 Å². The molecule has 0 aromatic heterocycles. The van der Waals surface area contributed by atoms with Gasteiger partial charge in [-0.05, 0) is 30.7 Å². The van der Waals surface area contributed by atoms with Crippen molar-refractivity contribution in [3.8, 4) is 0 Å². The van der Waals surface area contributed by atoms with E-state index in [1.165, 1.54) is 6.08 Å². The molecule has 4 N–H and O–H groups in total. The van der Waals surface area contributed by atoms with E-state index in [4.69, 9.17) is 10.8 Å². The maximum atomic E-state index is 11.8. The number of nitrogen functional groups attached to an aromatic ring is 1. The molecule has 1 unspecified atom stereocenters. The Morgan fingerprint density at radius 1 is 1.20 bits per heavy atom. The lowest BCUT2D eigenvalue weighted by Gasteiger charge is -2.30. The highest BCUT2D eigenvalue weighted by molar-refractivity contribution is 5.93. The maximum Gasteiger partial charge on any atom is 0.331 e. The van der Waals surface area contributed by atoms with E-state index in [0.29, 0.717) is 16.8 Å². The van der Waals surface area contributed by atoms with Crippen molar-refractivity contribution in [1.29, 1.82) is 0 Å². The van der Waals surface area contributed by atoms with E-state index in [1.807, 2.05) is 0 Å². The van der Waals surface area contributed by atoms with Gasteiger partial charge in [-0.25, -0.2) is 4.79 Å². The Hall–Kier alpha value is -2.56. The molecule has 104 valence electrons. The van der Waals surface area contributed by atoms with Crippen molar-refractivity contribution in [3.63, 3.8) is 0 Å². The normalized spacial score (nSPS) is 21.9. The van der Waals surface area contributed by atoms with Gasteiger partial charge in [-0.3, -0.25) is 4.79 Å². The van der Waals surface area contributed by atoms with E-state index in [9.17, 15) is 14.7 Å². The van der Waals surface area contributed by atoms with E-state index < -0.39 is 17.4 Å². The van der Waals surface area contributed by atoms with E-state index in [2.05, 4.69) is 0 Å². The monoisotopic (exact) mass is 273 g/mol. The number of nitrogens with two attached hydrogens (primary N) is 1. The van der Waals surface area contributed by atoms with E-state index in [0.717, 1.165) is 0 Å². The number of hydrogen-bond donors (Lipinski definition) is 3. The molecule has 0 radical (unpaired) electrons. The van der Waals surface area contributed by atoms with Crippen LogP contribution in [0.4, 0.5) is 5.69 Å². The summed E-state index contributed by atoms with van der Waals surface area (Å²) in [6, 6.07) is 6.47. The zero-order valence-electron chi connectivity index (χ0n) is 11.0. The van der Waals surface area contributed by atoms with Crippen LogP contribution in [0, 0.1) is 0 Å². The quantitative estimate of drug-likeness (QED) is 0.731. The van der Waals surface area contributed by atoms with Gasteiger partial charge >= 0.3 is 11.9 Å². The smallest absolute Gasteiger partial charge is 0.331 e. The molecule has 1 aliphatic rings.